The normalized spacial score (nSPS) is 14.0. The Labute approximate surface area is 160 Å². The van der Waals surface area contributed by atoms with E-state index in [1.54, 1.807) is 6.07 Å². The van der Waals surface area contributed by atoms with Gasteiger partial charge in [0.05, 0.1) is 11.0 Å². The van der Waals surface area contributed by atoms with E-state index < -0.39 is 4.92 Å². The standard InChI is InChI=1S/C19H17ClN2O5/c1-12(14-4-6-17-18(11-14)27-9-8-26-17)21-19(23)7-3-13-2-5-15(20)16(10-13)22(24)25/h2-7,10-12H,8-9H2,1H3,(H,21,23). The average Bonchev–Trinajstić information content (AvgIpc) is 2.66. The number of hydrogen-bond acceptors (Lipinski definition) is 5. The van der Waals surface area contributed by atoms with Gasteiger partial charge in [-0.15, -0.1) is 0 Å². The molecule has 0 fully saturated rings. The molecule has 140 valence electrons. The van der Waals surface area contributed by atoms with Gasteiger partial charge in [0.25, 0.3) is 5.69 Å². The van der Waals surface area contributed by atoms with Crippen molar-refractivity contribution in [2.45, 2.75) is 13.0 Å². The molecule has 2 aromatic carbocycles. The predicted octanol–water partition coefficient (Wildman–Crippen LogP) is 3.91. The van der Waals surface area contributed by atoms with Crippen LogP contribution < -0.4 is 14.8 Å². The molecule has 8 heteroatoms. The lowest BCUT2D eigenvalue weighted by atomic mass is 10.1. The van der Waals surface area contributed by atoms with Gasteiger partial charge in [-0.25, -0.2) is 0 Å². The quantitative estimate of drug-likeness (QED) is 0.476. The van der Waals surface area contributed by atoms with Gasteiger partial charge in [-0.1, -0.05) is 23.7 Å². The highest BCUT2D eigenvalue weighted by molar-refractivity contribution is 6.32. The SMILES string of the molecule is CC(NC(=O)C=Cc1ccc(Cl)c([N+](=O)[O-])c1)c1ccc2c(c1)OCCO2. The van der Waals surface area contributed by atoms with E-state index in [9.17, 15) is 14.9 Å². The molecule has 1 aliphatic rings. The van der Waals surface area contributed by atoms with Gasteiger partial charge in [-0.3, -0.25) is 14.9 Å². The third-order valence-corrected chi connectivity index (χ3v) is 4.34. The first-order valence-corrected chi connectivity index (χ1v) is 8.64. The number of halogens is 1. The van der Waals surface area contributed by atoms with Gasteiger partial charge in [0.1, 0.15) is 18.2 Å². The van der Waals surface area contributed by atoms with Crippen LogP contribution in [-0.2, 0) is 4.79 Å². The Hall–Kier alpha value is -3.06. The molecule has 2 aromatic rings. The molecule has 0 aliphatic carbocycles. The van der Waals surface area contributed by atoms with Crippen molar-refractivity contribution < 1.29 is 19.2 Å². The van der Waals surface area contributed by atoms with Crippen molar-refractivity contribution in [3.8, 4) is 11.5 Å². The summed E-state index contributed by atoms with van der Waals surface area (Å²) in [5, 5.41) is 13.8. The highest BCUT2D eigenvalue weighted by atomic mass is 35.5. The van der Waals surface area contributed by atoms with Crippen LogP contribution in [0.25, 0.3) is 6.08 Å². The molecule has 3 rings (SSSR count). The van der Waals surface area contributed by atoms with Crippen LogP contribution in [0.4, 0.5) is 5.69 Å². The molecule has 0 aromatic heterocycles. The van der Waals surface area contributed by atoms with Crippen molar-refractivity contribution in [3.05, 3.63) is 68.7 Å². The molecular weight excluding hydrogens is 372 g/mol. The molecule has 1 N–H and O–H groups in total. The lowest BCUT2D eigenvalue weighted by Crippen LogP contribution is -2.25. The zero-order valence-electron chi connectivity index (χ0n) is 14.5. The molecular formula is C19H17ClN2O5. The van der Waals surface area contributed by atoms with Crippen LogP contribution >= 0.6 is 11.6 Å². The number of nitro groups is 1. The maximum atomic E-state index is 12.2. The van der Waals surface area contributed by atoms with E-state index in [1.165, 1.54) is 24.3 Å². The van der Waals surface area contributed by atoms with Gasteiger partial charge in [-0.2, -0.15) is 0 Å². The number of amides is 1. The molecule has 0 spiro atoms. The van der Waals surface area contributed by atoms with Gasteiger partial charge in [-0.05, 0) is 42.3 Å². The fraction of sp³-hybridized carbons (Fsp3) is 0.211. The fourth-order valence-electron chi connectivity index (χ4n) is 2.62. The number of carbonyl (C=O) groups excluding carboxylic acids is 1. The molecule has 1 atom stereocenters. The Morgan fingerprint density at radius 3 is 2.70 bits per heavy atom. The number of hydrogen-bond donors (Lipinski definition) is 1. The number of ether oxygens (including phenoxy) is 2. The summed E-state index contributed by atoms with van der Waals surface area (Å²) >= 11 is 5.78. The van der Waals surface area contributed by atoms with Crippen LogP contribution in [0.5, 0.6) is 11.5 Å². The van der Waals surface area contributed by atoms with Crippen LogP contribution in [0, 0.1) is 10.1 Å². The molecule has 1 amide bonds. The van der Waals surface area contributed by atoms with E-state index in [0.717, 1.165) is 5.56 Å². The maximum absolute atomic E-state index is 12.2. The van der Waals surface area contributed by atoms with E-state index >= 15 is 0 Å². The maximum Gasteiger partial charge on any atom is 0.288 e. The summed E-state index contributed by atoms with van der Waals surface area (Å²) in [6.45, 7) is 2.86. The van der Waals surface area contributed by atoms with E-state index in [0.29, 0.717) is 30.3 Å². The zero-order valence-corrected chi connectivity index (χ0v) is 15.2. The third kappa shape index (κ3) is 4.57. The zero-order chi connectivity index (χ0) is 19.4. The third-order valence-electron chi connectivity index (χ3n) is 4.02. The van der Waals surface area contributed by atoms with Gasteiger partial charge >= 0.3 is 0 Å². The second kappa shape index (κ2) is 8.09. The first-order chi connectivity index (χ1) is 12.9. The highest BCUT2D eigenvalue weighted by Gasteiger charge is 2.15. The number of carbonyl (C=O) groups is 1. The van der Waals surface area contributed by atoms with Gasteiger partial charge < -0.3 is 14.8 Å². The van der Waals surface area contributed by atoms with Crippen LogP contribution in [0.3, 0.4) is 0 Å². The Morgan fingerprint density at radius 2 is 1.96 bits per heavy atom. The smallest absolute Gasteiger partial charge is 0.288 e. The predicted molar refractivity (Wildman–Crippen MR) is 101 cm³/mol. The van der Waals surface area contributed by atoms with Crippen molar-refractivity contribution >= 4 is 29.3 Å². The summed E-state index contributed by atoms with van der Waals surface area (Å²) in [6.07, 6.45) is 2.82. The minimum Gasteiger partial charge on any atom is -0.486 e. The van der Waals surface area contributed by atoms with Crippen LogP contribution in [-0.4, -0.2) is 24.0 Å². The van der Waals surface area contributed by atoms with Crippen molar-refractivity contribution in [1.29, 1.82) is 0 Å². The van der Waals surface area contributed by atoms with Gasteiger partial charge in [0, 0.05) is 12.1 Å². The number of nitrogens with one attached hydrogen (secondary N) is 1. The molecule has 0 saturated heterocycles. The fourth-order valence-corrected chi connectivity index (χ4v) is 2.81. The molecule has 7 nitrogen and oxygen atoms in total. The van der Waals surface area contributed by atoms with Crippen molar-refractivity contribution in [2.75, 3.05) is 13.2 Å². The van der Waals surface area contributed by atoms with Gasteiger partial charge in [0.15, 0.2) is 11.5 Å². The minimum absolute atomic E-state index is 0.0498. The first kappa shape index (κ1) is 18.7. The summed E-state index contributed by atoms with van der Waals surface area (Å²) in [5.41, 5.74) is 1.18. The summed E-state index contributed by atoms with van der Waals surface area (Å²) < 4.78 is 11.0. The molecule has 1 heterocycles. The number of nitro benzene ring substituents is 1. The Balaban J connectivity index is 1.66. The average molecular weight is 389 g/mol. The van der Waals surface area contributed by atoms with Crippen molar-refractivity contribution in [2.24, 2.45) is 0 Å². The molecule has 0 saturated carbocycles. The summed E-state index contributed by atoms with van der Waals surface area (Å²) in [7, 11) is 0. The molecule has 27 heavy (non-hydrogen) atoms. The summed E-state index contributed by atoms with van der Waals surface area (Å²) in [4.78, 5) is 22.5. The highest BCUT2D eigenvalue weighted by Crippen LogP contribution is 2.32. The molecule has 1 aliphatic heterocycles. The van der Waals surface area contributed by atoms with E-state index in [2.05, 4.69) is 5.32 Å². The van der Waals surface area contributed by atoms with Crippen LogP contribution in [0.15, 0.2) is 42.5 Å². The Kier molecular flexibility index (Phi) is 5.61. The van der Waals surface area contributed by atoms with E-state index in [-0.39, 0.29) is 22.7 Å². The first-order valence-electron chi connectivity index (χ1n) is 8.26. The number of benzene rings is 2. The monoisotopic (exact) mass is 388 g/mol. The van der Waals surface area contributed by atoms with Crippen LogP contribution in [0.2, 0.25) is 5.02 Å². The molecule has 0 radical (unpaired) electrons. The lowest BCUT2D eigenvalue weighted by molar-refractivity contribution is -0.384. The number of rotatable bonds is 5. The second-order valence-electron chi connectivity index (χ2n) is 5.93. The minimum atomic E-state index is -0.566. The van der Waals surface area contributed by atoms with E-state index in [4.69, 9.17) is 21.1 Å². The topological polar surface area (TPSA) is 90.7 Å². The Bertz CT molecular complexity index is 913. The summed E-state index contributed by atoms with van der Waals surface area (Å²) in [5.74, 6) is 1.02. The number of fused-ring (bicyclic) bond motifs is 1. The molecule has 1 unspecified atom stereocenters. The lowest BCUT2D eigenvalue weighted by Gasteiger charge is -2.20. The summed E-state index contributed by atoms with van der Waals surface area (Å²) in [6, 6.07) is 9.61. The largest absolute Gasteiger partial charge is 0.486 e. The second-order valence-corrected chi connectivity index (χ2v) is 6.34. The molecule has 0 bridgehead atoms. The number of nitrogens with zero attached hydrogens (tertiary/aromatic N) is 1. The van der Waals surface area contributed by atoms with Crippen molar-refractivity contribution in [1.82, 2.24) is 5.32 Å². The van der Waals surface area contributed by atoms with E-state index in [1.807, 2.05) is 25.1 Å². The Morgan fingerprint density at radius 1 is 1.22 bits per heavy atom. The van der Waals surface area contributed by atoms with Gasteiger partial charge in [0.2, 0.25) is 5.91 Å². The van der Waals surface area contributed by atoms with Crippen LogP contribution in [0.1, 0.15) is 24.1 Å². The van der Waals surface area contributed by atoms with Crippen molar-refractivity contribution in [3.63, 3.8) is 0 Å².